The third-order valence-corrected chi connectivity index (χ3v) is 4.93. The van der Waals surface area contributed by atoms with Gasteiger partial charge in [0.1, 0.15) is 5.75 Å². The van der Waals surface area contributed by atoms with Crippen LogP contribution in [0.4, 0.5) is 5.69 Å². The van der Waals surface area contributed by atoms with E-state index in [1.807, 2.05) is 57.2 Å². The average molecular weight is 395 g/mol. The predicted octanol–water partition coefficient (Wildman–Crippen LogP) is 4.91. The quantitative estimate of drug-likeness (QED) is 0.665. The van der Waals surface area contributed by atoms with Crippen molar-refractivity contribution in [2.45, 2.75) is 33.2 Å². The zero-order valence-corrected chi connectivity index (χ0v) is 16.8. The van der Waals surface area contributed by atoms with Gasteiger partial charge in [0.05, 0.1) is 31.0 Å². The van der Waals surface area contributed by atoms with Gasteiger partial charge in [-0.25, -0.2) is 0 Å². The van der Waals surface area contributed by atoms with Gasteiger partial charge < -0.3 is 23.9 Å². The van der Waals surface area contributed by atoms with Crippen LogP contribution in [-0.2, 0) is 14.3 Å². The van der Waals surface area contributed by atoms with Crippen LogP contribution < -0.4 is 10.1 Å². The summed E-state index contributed by atoms with van der Waals surface area (Å²) in [5.74, 6) is 1.24. The number of benzene rings is 2. The molecule has 1 aliphatic heterocycles. The highest BCUT2D eigenvalue weighted by Crippen LogP contribution is 2.35. The van der Waals surface area contributed by atoms with Crippen LogP contribution in [0.15, 0.2) is 59.2 Å². The highest BCUT2D eigenvalue weighted by Gasteiger charge is 2.40. The molecule has 3 aromatic rings. The van der Waals surface area contributed by atoms with E-state index >= 15 is 0 Å². The van der Waals surface area contributed by atoms with Crippen molar-refractivity contribution in [1.82, 2.24) is 0 Å². The molecule has 0 atom stereocenters. The molecule has 0 spiro atoms. The van der Waals surface area contributed by atoms with Gasteiger partial charge in [0.15, 0.2) is 5.76 Å². The second-order valence-corrected chi connectivity index (χ2v) is 7.81. The Morgan fingerprint density at radius 2 is 1.79 bits per heavy atom. The SMILES string of the molecule is CC(C)Oc1ccc(NC(=O)C2(C)COC(c3ccco3)OC2)c2ccccc12. The number of anilines is 1. The van der Waals surface area contributed by atoms with Crippen molar-refractivity contribution in [2.24, 2.45) is 5.41 Å². The second kappa shape index (κ2) is 7.89. The molecule has 1 saturated heterocycles. The first-order valence-corrected chi connectivity index (χ1v) is 9.73. The molecule has 1 N–H and O–H groups in total. The van der Waals surface area contributed by atoms with Gasteiger partial charge in [-0.15, -0.1) is 0 Å². The molecule has 2 heterocycles. The normalized spacial score (nSPS) is 22.0. The van der Waals surface area contributed by atoms with Gasteiger partial charge in [-0.05, 0) is 45.0 Å². The van der Waals surface area contributed by atoms with E-state index < -0.39 is 11.7 Å². The smallest absolute Gasteiger partial charge is 0.235 e. The van der Waals surface area contributed by atoms with Crippen molar-refractivity contribution in [1.29, 1.82) is 0 Å². The Balaban J connectivity index is 1.52. The monoisotopic (exact) mass is 395 g/mol. The Bertz CT molecular complexity index is 988. The summed E-state index contributed by atoms with van der Waals surface area (Å²) in [6.45, 7) is 6.28. The standard InChI is InChI=1S/C23H25NO5/c1-15(2)29-19-11-10-18(16-7-4-5-8-17(16)19)24-22(25)23(3)13-27-21(28-14-23)20-9-6-12-26-20/h4-12,15,21H,13-14H2,1-3H3,(H,24,25). The lowest BCUT2D eigenvalue weighted by Gasteiger charge is -2.35. The number of carbonyl (C=O) groups excluding carboxylic acids is 1. The van der Waals surface area contributed by atoms with E-state index in [-0.39, 0.29) is 25.2 Å². The second-order valence-electron chi connectivity index (χ2n) is 7.81. The van der Waals surface area contributed by atoms with Gasteiger partial charge in [0.2, 0.25) is 12.2 Å². The van der Waals surface area contributed by atoms with Crippen LogP contribution in [0, 0.1) is 5.41 Å². The third-order valence-electron chi connectivity index (χ3n) is 4.93. The fourth-order valence-corrected chi connectivity index (χ4v) is 3.34. The van der Waals surface area contributed by atoms with Gasteiger partial charge in [-0.1, -0.05) is 24.3 Å². The molecule has 0 unspecified atom stereocenters. The summed E-state index contributed by atoms with van der Waals surface area (Å²) in [6.07, 6.45) is 1.05. The Morgan fingerprint density at radius 3 is 2.45 bits per heavy atom. The van der Waals surface area contributed by atoms with Gasteiger partial charge in [-0.2, -0.15) is 0 Å². The number of hydrogen-bond donors (Lipinski definition) is 1. The Morgan fingerprint density at radius 1 is 1.07 bits per heavy atom. The van der Waals surface area contributed by atoms with Gasteiger partial charge in [0, 0.05) is 16.5 Å². The third kappa shape index (κ3) is 3.99. The van der Waals surface area contributed by atoms with Crippen molar-refractivity contribution in [3.8, 4) is 5.75 Å². The summed E-state index contributed by atoms with van der Waals surface area (Å²) in [5, 5.41) is 4.93. The van der Waals surface area contributed by atoms with E-state index in [2.05, 4.69) is 5.32 Å². The first kappa shape index (κ1) is 19.5. The summed E-state index contributed by atoms with van der Waals surface area (Å²) < 4.78 is 22.7. The van der Waals surface area contributed by atoms with Crippen molar-refractivity contribution in [3.63, 3.8) is 0 Å². The van der Waals surface area contributed by atoms with Gasteiger partial charge >= 0.3 is 0 Å². The molecule has 0 radical (unpaired) electrons. The lowest BCUT2D eigenvalue weighted by molar-refractivity contribution is -0.232. The average Bonchev–Trinajstić information content (AvgIpc) is 3.25. The molecule has 4 rings (SSSR count). The van der Waals surface area contributed by atoms with Crippen LogP contribution in [0.2, 0.25) is 0 Å². The topological polar surface area (TPSA) is 69.9 Å². The fraction of sp³-hybridized carbons (Fsp3) is 0.348. The molecule has 0 bridgehead atoms. The van der Waals surface area contributed by atoms with E-state index in [0.29, 0.717) is 5.76 Å². The van der Waals surface area contributed by atoms with E-state index in [1.165, 1.54) is 0 Å². The highest BCUT2D eigenvalue weighted by molar-refractivity contribution is 6.05. The van der Waals surface area contributed by atoms with E-state index in [0.717, 1.165) is 22.2 Å². The molecule has 6 nitrogen and oxygen atoms in total. The Kier molecular flexibility index (Phi) is 5.30. The molecule has 152 valence electrons. The van der Waals surface area contributed by atoms with Crippen molar-refractivity contribution in [2.75, 3.05) is 18.5 Å². The van der Waals surface area contributed by atoms with Crippen LogP contribution in [0.5, 0.6) is 5.75 Å². The summed E-state index contributed by atoms with van der Waals surface area (Å²) in [4.78, 5) is 13.1. The number of carbonyl (C=O) groups is 1. The van der Waals surface area contributed by atoms with E-state index in [4.69, 9.17) is 18.6 Å². The van der Waals surface area contributed by atoms with E-state index in [1.54, 1.807) is 18.4 Å². The summed E-state index contributed by atoms with van der Waals surface area (Å²) in [5.41, 5.74) is -0.0757. The lowest BCUT2D eigenvalue weighted by atomic mass is 9.90. The van der Waals surface area contributed by atoms with Gasteiger partial charge in [0.25, 0.3) is 0 Å². The Labute approximate surface area is 169 Å². The first-order valence-electron chi connectivity index (χ1n) is 9.73. The number of furan rings is 1. The molecule has 6 heteroatoms. The van der Waals surface area contributed by atoms with Crippen LogP contribution >= 0.6 is 0 Å². The number of hydrogen-bond acceptors (Lipinski definition) is 5. The molecule has 1 fully saturated rings. The molecular weight excluding hydrogens is 370 g/mol. The molecule has 0 aliphatic carbocycles. The maximum absolute atomic E-state index is 13.1. The number of nitrogens with one attached hydrogen (secondary N) is 1. The zero-order chi connectivity index (χ0) is 20.4. The summed E-state index contributed by atoms with van der Waals surface area (Å²) in [6, 6.07) is 15.2. The number of ether oxygens (including phenoxy) is 3. The maximum atomic E-state index is 13.1. The molecular formula is C23H25NO5. The molecule has 0 saturated carbocycles. The van der Waals surface area contributed by atoms with Gasteiger partial charge in [-0.3, -0.25) is 4.79 Å². The minimum atomic E-state index is -0.808. The van der Waals surface area contributed by atoms with Crippen LogP contribution in [-0.4, -0.2) is 25.2 Å². The van der Waals surface area contributed by atoms with Crippen molar-refractivity contribution >= 4 is 22.4 Å². The maximum Gasteiger partial charge on any atom is 0.235 e. The minimum Gasteiger partial charge on any atom is -0.490 e. The summed E-state index contributed by atoms with van der Waals surface area (Å²) in [7, 11) is 0. The van der Waals surface area contributed by atoms with Crippen LogP contribution in [0.1, 0.15) is 32.8 Å². The molecule has 1 aromatic heterocycles. The number of fused-ring (bicyclic) bond motifs is 1. The highest BCUT2D eigenvalue weighted by atomic mass is 16.7. The number of rotatable bonds is 5. The fourth-order valence-electron chi connectivity index (χ4n) is 3.34. The lowest BCUT2D eigenvalue weighted by Crippen LogP contribution is -2.45. The number of amides is 1. The molecule has 29 heavy (non-hydrogen) atoms. The molecule has 2 aromatic carbocycles. The predicted molar refractivity (Wildman–Crippen MR) is 110 cm³/mol. The van der Waals surface area contributed by atoms with Crippen molar-refractivity contribution < 1.29 is 23.4 Å². The Hall–Kier alpha value is -2.83. The first-order chi connectivity index (χ1) is 14.0. The van der Waals surface area contributed by atoms with E-state index in [9.17, 15) is 4.79 Å². The summed E-state index contributed by atoms with van der Waals surface area (Å²) >= 11 is 0. The van der Waals surface area contributed by atoms with Crippen molar-refractivity contribution in [3.05, 3.63) is 60.6 Å². The zero-order valence-electron chi connectivity index (χ0n) is 16.8. The minimum absolute atomic E-state index is 0.0661. The molecule has 1 amide bonds. The van der Waals surface area contributed by atoms with Crippen LogP contribution in [0.3, 0.4) is 0 Å². The van der Waals surface area contributed by atoms with Crippen LogP contribution in [0.25, 0.3) is 10.8 Å². The largest absolute Gasteiger partial charge is 0.490 e. The molecule has 1 aliphatic rings.